The van der Waals surface area contributed by atoms with E-state index < -0.39 is 47.9 Å². The molecule has 3 amide bonds. The van der Waals surface area contributed by atoms with Gasteiger partial charge in [0.25, 0.3) is 17.7 Å². The SMILES string of the molecule is O=C(CN(C(=O)c1ccccc1Cl)N1C(=O)[C@@H]2C[C@@H](Br)[C@@H](Br)C[C@H]2C1=O)c1ccc(OC(=O)c2cccs2)cc1. The number of imide groups is 1. The van der Waals surface area contributed by atoms with Gasteiger partial charge in [-0.3, -0.25) is 19.2 Å². The highest BCUT2D eigenvalue weighted by molar-refractivity contribution is 9.12. The Morgan fingerprint density at radius 2 is 1.55 bits per heavy atom. The topological polar surface area (TPSA) is 101 Å². The third-order valence-corrected chi connectivity index (χ3v) is 10.8. The molecule has 1 saturated carbocycles. The lowest BCUT2D eigenvalue weighted by Crippen LogP contribution is -2.52. The van der Waals surface area contributed by atoms with Gasteiger partial charge in [0.2, 0.25) is 0 Å². The standard InChI is InChI=1S/C28H21Br2ClN2O6S/c29-20-12-18-19(13-21(20)30)27(37)33(26(18)36)32(25(35)17-4-1-2-5-22(17)31)14-23(34)15-7-9-16(10-8-15)39-28(38)24-6-3-11-40-24/h1-11,18-21H,12-14H2/t18-,19-,20-,21+/m1/s1. The molecule has 0 unspecified atom stereocenters. The molecule has 1 aliphatic heterocycles. The van der Waals surface area contributed by atoms with E-state index >= 15 is 0 Å². The van der Waals surface area contributed by atoms with Crippen LogP contribution in [0, 0.1) is 11.8 Å². The number of carbonyl (C=O) groups excluding carboxylic acids is 5. The number of halogens is 3. The van der Waals surface area contributed by atoms with Gasteiger partial charge in [0.1, 0.15) is 17.2 Å². The Hall–Kier alpha value is -2.86. The summed E-state index contributed by atoms with van der Waals surface area (Å²) in [6.07, 6.45) is 0.824. The number of ketones is 1. The number of rotatable bonds is 7. The van der Waals surface area contributed by atoms with Crippen molar-refractivity contribution in [3.05, 3.63) is 87.1 Å². The first-order chi connectivity index (χ1) is 19.2. The summed E-state index contributed by atoms with van der Waals surface area (Å²) in [5, 5.41) is 3.60. The normalized spacial score (nSPS) is 22.1. The first kappa shape index (κ1) is 28.7. The number of alkyl halides is 2. The molecule has 5 rings (SSSR count). The van der Waals surface area contributed by atoms with Crippen LogP contribution in [0.4, 0.5) is 0 Å². The number of hydrogen-bond acceptors (Lipinski definition) is 7. The summed E-state index contributed by atoms with van der Waals surface area (Å²) < 4.78 is 5.34. The first-order valence-electron chi connectivity index (χ1n) is 12.3. The molecule has 0 radical (unpaired) electrons. The van der Waals surface area contributed by atoms with Crippen LogP contribution in [0.3, 0.4) is 0 Å². The number of ether oxygens (including phenoxy) is 1. The summed E-state index contributed by atoms with van der Waals surface area (Å²) in [6, 6.07) is 15.5. The molecule has 8 nitrogen and oxygen atoms in total. The summed E-state index contributed by atoms with van der Waals surface area (Å²) >= 11 is 14.6. The van der Waals surface area contributed by atoms with Gasteiger partial charge in [-0.1, -0.05) is 61.7 Å². The molecular formula is C28H21Br2ClN2O6S. The van der Waals surface area contributed by atoms with E-state index in [1.807, 2.05) is 0 Å². The maximum absolute atomic E-state index is 13.7. The Bertz CT molecular complexity index is 1450. The van der Waals surface area contributed by atoms with Gasteiger partial charge in [-0.15, -0.1) is 11.3 Å². The molecule has 0 spiro atoms. The van der Waals surface area contributed by atoms with Gasteiger partial charge in [0, 0.05) is 15.2 Å². The number of fused-ring (bicyclic) bond motifs is 1. The second kappa shape index (κ2) is 11.9. The molecule has 3 aromatic rings. The second-order valence-corrected chi connectivity index (χ2v) is 13.1. The maximum atomic E-state index is 13.7. The van der Waals surface area contributed by atoms with Crippen molar-refractivity contribution in [2.45, 2.75) is 22.5 Å². The van der Waals surface area contributed by atoms with E-state index in [-0.39, 0.29) is 31.6 Å². The molecule has 2 heterocycles. The van der Waals surface area contributed by atoms with Crippen molar-refractivity contribution >= 4 is 84.3 Å². The summed E-state index contributed by atoms with van der Waals surface area (Å²) in [4.78, 5) is 66.7. The van der Waals surface area contributed by atoms with Crippen LogP contribution in [-0.4, -0.2) is 55.7 Å². The fraction of sp³-hybridized carbons (Fsp3) is 0.250. The molecular weight excluding hydrogens is 688 g/mol. The van der Waals surface area contributed by atoms with Crippen LogP contribution in [0.15, 0.2) is 66.0 Å². The van der Waals surface area contributed by atoms with Crippen molar-refractivity contribution in [1.29, 1.82) is 0 Å². The number of hydrogen-bond donors (Lipinski definition) is 0. The Kier molecular flexibility index (Phi) is 8.55. The lowest BCUT2D eigenvalue weighted by Gasteiger charge is -2.30. The number of amides is 3. The Morgan fingerprint density at radius 3 is 2.12 bits per heavy atom. The number of nitrogens with zero attached hydrogens (tertiary/aromatic N) is 2. The van der Waals surface area contributed by atoms with Gasteiger partial charge >= 0.3 is 5.97 Å². The Morgan fingerprint density at radius 1 is 0.925 bits per heavy atom. The van der Waals surface area contributed by atoms with Crippen molar-refractivity contribution in [3.63, 3.8) is 0 Å². The molecule has 2 fully saturated rings. The Balaban J connectivity index is 1.40. The molecule has 2 aliphatic rings. The van der Waals surface area contributed by atoms with Gasteiger partial charge in [0.15, 0.2) is 5.78 Å². The van der Waals surface area contributed by atoms with Crippen LogP contribution >= 0.6 is 54.8 Å². The fourth-order valence-corrected chi connectivity index (χ4v) is 6.86. The van der Waals surface area contributed by atoms with E-state index in [1.54, 1.807) is 29.6 Å². The average Bonchev–Trinajstić information content (AvgIpc) is 3.56. The molecule has 1 aliphatic carbocycles. The van der Waals surface area contributed by atoms with E-state index in [0.717, 1.165) is 10.0 Å². The quantitative estimate of drug-likeness (QED) is 0.101. The monoisotopic (exact) mass is 706 g/mol. The zero-order chi connectivity index (χ0) is 28.6. The van der Waals surface area contributed by atoms with Crippen molar-refractivity contribution in [2.75, 3.05) is 6.54 Å². The third kappa shape index (κ3) is 5.65. The number of esters is 1. The molecule has 4 atom stereocenters. The van der Waals surface area contributed by atoms with Gasteiger partial charge < -0.3 is 4.74 Å². The number of carbonyl (C=O) groups is 5. The van der Waals surface area contributed by atoms with E-state index in [4.69, 9.17) is 16.3 Å². The molecule has 2 aromatic carbocycles. The van der Waals surface area contributed by atoms with Crippen molar-refractivity contribution in [3.8, 4) is 5.75 Å². The largest absolute Gasteiger partial charge is 0.422 e. The minimum atomic E-state index is -0.744. The van der Waals surface area contributed by atoms with Crippen molar-refractivity contribution in [1.82, 2.24) is 10.0 Å². The molecule has 206 valence electrons. The molecule has 0 N–H and O–H groups in total. The number of benzene rings is 2. The van der Waals surface area contributed by atoms with Crippen molar-refractivity contribution < 1.29 is 28.7 Å². The average molecular weight is 709 g/mol. The zero-order valence-corrected chi connectivity index (χ0v) is 25.4. The lowest BCUT2D eigenvalue weighted by molar-refractivity contribution is -0.154. The summed E-state index contributed by atoms with van der Waals surface area (Å²) in [5.41, 5.74) is 0.255. The number of Topliss-reactive ketones (excluding diaryl/α,β-unsaturated/α-hetero) is 1. The minimum absolute atomic E-state index is 0.0211. The van der Waals surface area contributed by atoms with Gasteiger partial charge in [-0.25, -0.2) is 9.80 Å². The lowest BCUT2D eigenvalue weighted by atomic mass is 9.81. The van der Waals surface area contributed by atoms with Crippen LogP contribution < -0.4 is 4.74 Å². The molecule has 12 heteroatoms. The van der Waals surface area contributed by atoms with Crippen LogP contribution in [0.5, 0.6) is 5.75 Å². The predicted molar refractivity (Wildman–Crippen MR) is 156 cm³/mol. The van der Waals surface area contributed by atoms with E-state index in [9.17, 15) is 24.0 Å². The van der Waals surface area contributed by atoms with Crippen LogP contribution in [-0.2, 0) is 9.59 Å². The van der Waals surface area contributed by atoms with Gasteiger partial charge in [-0.2, -0.15) is 5.01 Å². The zero-order valence-electron chi connectivity index (χ0n) is 20.7. The highest BCUT2D eigenvalue weighted by Gasteiger charge is 2.54. The fourth-order valence-electron chi connectivity index (χ4n) is 4.81. The van der Waals surface area contributed by atoms with Crippen LogP contribution in [0.25, 0.3) is 0 Å². The van der Waals surface area contributed by atoms with Crippen LogP contribution in [0.1, 0.15) is 43.2 Å². The maximum Gasteiger partial charge on any atom is 0.353 e. The van der Waals surface area contributed by atoms with Gasteiger partial charge in [0.05, 0.1) is 22.4 Å². The molecule has 1 saturated heterocycles. The molecule has 1 aromatic heterocycles. The summed E-state index contributed by atoms with van der Waals surface area (Å²) in [6.45, 7) is -0.579. The van der Waals surface area contributed by atoms with Crippen LogP contribution in [0.2, 0.25) is 5.02 Å². The second-order valence-electron chi connectivity index (χ2n) is 9.36. The smallest absolute Gasteiger partial charge is 0.353 e. The Labute approximate surface area is 255 Å². The third-order valence-electron chi connectivity index (χ3n) is 6.87. The number of thiophene rings is 1. The minimum Gasteiger partial charge on any atom is -0.422 e. The highest BCUT2D eigenvalue weighted by atomic mass is 79.9. The number of hydrazine groups is 1. The van der Waals surface area contributed by atoms with E-state index in [1.165, 1.54) is 47.7 Å². The molecule has 0 bridgehead atoms. The summed E-state index contributed by atoms with van der Waals surface area (Å²) in [5.74, 6) is -3.82. The molecule has 40 heavy (non-hydrogen) atoms. The summed E-state index contributed by atoms with van der Waals surface area (Å²) in [7, 11) is 0. The first-order valence-corrected chi connectivity index (χ1v) is 15.4. The highest BCUT2D eigenvalue weighted by Crippen LogP contribution is 2.43. The van der Waals surface area contributed by atoms with E-state index in [0.29, 0.717) is 17.7 Å². The van der Waals surface area contributed by atoms with Gasteiger partial charge in [-0.05, 0) is 60.7 Å². The van der Waals surface area contributed by atoms with E-state index in [2.05, 4.69) is 31.9 Å². The van der Waals surface area contributed by atoms with Crippen molar-refractivity contribution in [2.24, 2.45) is 11.8 Å². The predicted octanol–water partition coefficient (Wildman–Crippen LogP) is 5.78.